The molecule has 1 aliphatic carbocycles. The lowest BCUT2D eigenvalue weighted by Crippen LogP contribution is -2.30. The topological polar surface area (TPSA) is 103 Å². The Morgan fingerprint density at radius 2 is 1.59 bits per heavy atom. The quantitative estimate of drug-likeness (QED) is 0.288. The largest absolute Gasteiger partial charge is 0.484 e. The van der Waals surface area contributed by atoms with Crippen LogP contribution in [0.25, 0.3) is 0 Å². The first-order valence-electron chi connectivity index (χ1n) is 12.2. The Morgan fingerprint density at radius 3 is 2.27 bits per heavy atom. The summed E-state index contributed by atoms with van der Waals surface area (Å²) in [6.45, 7) is 1.96. The number of amides is 2. The fourth-order valence-corrected chi connectivity index (χ4v) is 5.45. The van der Waals surface area contributed by atoms with E-state index in [1.165, 1.54) is 11.3 Å². The number of thiophene rings is 1. The molecule has 1 heterocycles. The van der Waals surface area contributed by atoms with Crippen LogP contribution in [0.1, 0.15) is 34.1 Å². The van der Waals surface area contributed by atoms with Crippen molar-refractivity contribution in [2.45, 2.75) is 26.2 Å². The third kappa shape index (κ3) is 7.57. The van der Waals surface area contributed by atoms with Gasteiger partial charge in [0.2, 0.25) is 0 Å². The van der Waals surface area contributed by atoms with Gasteiger partial charge in [-0.15, -0.1) is 11.3 Å². The van der Waals surface area contributed by atoms with Crippen LogP contribution in [0, 0.1) is 5.92 Å². The average molecular weight is 523 g/mol. The van der Waals surface area contributed by atoms with E-state index in [9.17, 15) is 14.4 Å². The summed E-state index contributed by atoms with van der Waals surface area (Å²) in [5.74, 6) is 0.530. The summed E-state index contributed by atoms with van der Waals surface area (Å²) in [7, 11) is 0. The summed E-state index contributed by atoms with van der Waals surface area (Å²) < 4.78 is 16.1. The van der Waals surface area contributed by atoms with Gasteiger partial charge in [0.1, 0.15) is 23.1 Å². The Morgan fingerprint density at radius 1 is 0.946 bits per heavy atom. The lowest BCUT2D eigenvalue weighted by atomic mass is 9.88. The van der Waals surface area contributed by atoms with E-state index in [1.807, 2.05) is 36.4 Å². The minimum atomic E-state index is -0.522. The summed E-state index contributed by atoms with van der Waals surface area (Å²) in [6, 6.07) is 18.1. The molecule has 1 aromatic heterocycles. The Labute approximate surface area is 219 Å². The maximum atomic E-state index is 13.1. The number of benzene rings is 2. The van der Waals surface area contributed by atoms with E-state index < -0.39 is 5.97 Å². The van der Waals surface area contributed by atoms with Crippen LogP contribution >= 0.6 is 11.3 Å². The van der Waals surface area contributed by atoms with Gasteiger partial charge in [0.05, 0.1) is 12.1 Å². The third-order valence-corrected chi connectivity index (χ3v) is 7.03. The molecule has 2 N–H and O–H groups in total. The summed E-state index contributed by atoms with van der Waals surface area (Å²) in [5.41, 5.74) is 1.46. The van der Waals surface area contributed by atoms with E-state index in [-0.39, 0.29) is 38.2 Å². The van der Waals surface area contributed by atoms with E-state index in [2.05, 4.69) is 17.6 Å². The van der Waals surface area contributed by atoms with Crippen molar-refractivity contribution in [3.63, 3.8) is 0 Å². The van der Waals surface area contributed by atoms with Gasteiger partial charge in [0.15, 0.2) is 13.2 Å². The Bertz CT molecular complexity index is 1210. The van der Waals surface area contributed by atoms with Crippen molar-refractivity contribution in [1.82, 2.24) is 5.32 Å². The third-order valence-electron chi connectivity index (χ3n) is 5.86. The van der Waals surface area contributed by atoms with Crippen LogP contribution in [0.5, 0.6) is 11.5 Å². The molecular weight excluding hydrogens is 492 g/mol. The van der Waals surface area contributed by atoms with E-state index in [0.29, 0.717) is 28.0 Å². The molecule has 37 heavy (non-hydrogen) atoms. The van der Waals surface area contributed by atoms with Crippen LogP contribution in [0.4, 0.5) is 5.00 Å². The number of rotatable bonds is 11. The number of hydrogen-bond donors (Lipinski definition) is 2. The van der Waals surface area contributed by atoms with Crippen molar-refractivity contribution in [1.29, 1.82) is 0 Å². The predicted octanol–water partition coefficient (Wildman–Crippen LogP) is 4.24. The average Bonchev–Trinajstić information content (AvgIpc) is 3.26. The Balaban J connectivity index is 1.31. The Hall–Kier alpha value is -3.85. The maximum absolute atomic E-state index is 13.1. The first kappa shape index (κ1) is 26.2. The van der Waals surface area contributed by atoms with Crippen LogP contribution in [0.2, 0.25) is 0 Å². The summed E-state index contributed by atoms with van der Waals surface area (Å²) >= 11 is 1.44. The summed E-state index contributed by atoms with van der Waals surface area (Å²) in [6.07, 6.45) is 2.63. The lowest BCUT2D eigenvalue weighted by molar-refractivity contribution is -0.145. The number of para-hydroxylation sites is 2. The van der Waals surface area contributed by atoms with Crippen molar-refractivity contribution in [3.05, 3.63) is 76.7 Å². The van der Waals surface area contributed by atoms with Gasteiger partial charge in [-0.25, -0.2) is 4.79 Å². The minimum Gasteiger partial charge on any atom is -0.484 e. The molecule has 8 nitrogen and oxygen atoms in total. The molecule has 4 rings (SSSR count). The molecule has 0 saturated carbocycles. The highest BCUT2D eigenvalue weighted by Crippen LogP contribution is 2.39. The fourth-order valence-electron chi connectivity index (χ4n) is 4.03. The molecule has 0 saturated heterocycles. The van der Waals surface area contributed by atoms with E-state index in [0.717, 1.165) is 29.7 Å². The van der Waals surface area contributed by atoms with Gasteiger partial charge in [-0.2, -0.15) is 0 Å². The number of fused-ring (bicyclic) bond motifs is 1. The van der Waals surface area contributed by atoms with Crippen molar-refractivity contribution >= 4 is 34.1 Å². The SMILES string of the molecule is CC1CCc2c(sc(NC(=O)COc3ccccc3)c2C(=O)NCCOC(=O)COc2ccccc2)C1. The van der Waals surface area contributed by atoms with Crippen molar-refractivity contribution in [3.8, 4) is 11.5 Å². The second kappa shape index (κ2) is 12.9. The van der Waals surface area contributed by atoms with Gasteiger partial charge in [0.25, 0.3) is 11.8 Å². The van der Waals surface area contributed by atoms with Crippen LogP contribution in [-0.4, -0.2) is 44.1 Å². The van der Waals surface area contributed by atoms with Crippen LogP contribution in [0.3, 0.4) is 0 Å². The van der Waals surface area contributed by atoms with Crippen molar-refractivity contribution in [2.24, 2.45) is 5.92 Å². The highest BCUT2D eigenvalue weighted by Gasteiger charge is 2.28. The van der Waals surface area contributed by atoms with Crippen molar-refractivity contribution < 1.29 is 28.6 Å². The summed E-state index contributed by atoms with van der Waals surface area (Å²) in [5, 5.41) is 6.20. The molecule has 1 atom stereocenters. The van der Waals surface area contributed by atoms with Crippen LogP contribution in [-0.2, 0) is 27.2 Å². The van der Waals surface area contributed by atoms with E-state index in [4.69, 9.17) is 14.2 Å². The molecule has 1 unspecified atom stereocenters. The lowest BCUT2D eigenvalue weighted by Gasteiger charge is -2.18. The highest BCUT2D eigenvalue weighted by atomic mass is 32.1. The Kier molecular flexibility index (Phi) is 9.15. The molecule has 0 bridgehead atoms. The van der Waals surface area contributed by atoms with Gasteiger partial charge >= 0.3 is 5.97 Å². The normalized spacial score (nSPS) is 14.2. The van der Waals surface area contributed by atoms with Gasteiger partial charge < -0.3 is 24.8 Å². The van der Waals surface area contributed by atoms with Crippen molar-refractivity contribution in [2.75, 3.05) is 31.7 Å². The number of nitrogens with one attached hydrogen (secondary N) is 2. The van der Waals surface area contributed by atoms with Gasteiger partial charge in [-0.1, -0.05) is 43.3 Å². The van der Waals surface area contributed by atoms with Gasteiger partial charge in [-0.3, -0.25) is 9.59 Å². The van der Waals surface area contributed by atoms with E-state index in [1.54, 1.807) is 24.3 Å². The number of carbonyl (C=O) groups excluding carboxylic acids is 3. The molecule has 3 aromatic rings. The predicted molar refractivity (Wildman–Crippen MR) is 141 cm³/mol. The molecule has 194 valence electrons. The molecule has 2 amide bonds. The monoisotopic (exact) mass is 522 g/mol. The smallest absolute Gasteiger partial charge is 0.344 e. The number of carbonyl (C=O) groups is 3. The molecule has 1 aliphatic rings. The van der Waals surface area contributed by atoms with Gasteiger partial charge in [0, 0.05) is 4.88 Å². The minimum absolute atomic E-state index is 0.0126. The number of ether oxygens (including phenoxy) is 3. The zero-order valence-corrected chi connectivity index (χ0v) is 21.5. The first-order valence-corrected chi connectivity index (χ1v) is 13.0. The zero-order valence-electron chi connectivity index (χ0n) is 20.7. The molecule has 0 spiro atoms. The molecule has 9 heteroatoms. The van der Waals surface area contributed by atoms with Gasteiger partial charge in [-0.05, 0) is 55.0 Å². The second-order valence-corrected chi connectivity index (χ2v) is 9.89. The fraction of sp³-hybridized carbons (Fsp3) is 0.321. The number of anilines is 1. The molecular formula is C28H30N2O6S. The summed E-state index contributed by atoms with van der Waals surface area (Å²) in [4.78, 5) is 38.8. The molecule has 0 radical (unpaired) electrons. The van der Waals surface area contributed by atoms with Crippen LogP contribution in [0.15, 0.2) is 60.7 Å². The van der Waals surface area contributed by atoms with Crippen LogP contribution < -0.4 is 20.1 Å². The number of esters is 1. The standard InChI is InChI=1S/C28H30N2O6S/c1-19-12-13-22-23(16-19)37-28(30-24(31)17-35-20-8-4-2-5-9-20)26(22)27(33)29-14-15-34-25(32)18-36-21-10-6-3-7-11-21/h2-11,19H,12-18H2,1H3,(H,29,33)(H,30,31). The maximum Gasteiger partial charge on any atom is 0.344 e. The second-order valence-electron chi connectivity index (χ2n) is 8.78. The zero-order chi connectivity index (χ0) is 26.0. The van der Waals surface area contributed by atoms with E-state index >= 15 is 0 Å². The molecule has 0 fully saturated rings. The first-order chi connectivity index (χ1) is 18.0. The molecule has 2 aromatic carbocycles. The highest BCUT2D eigenvalue weighted by molar-refractivity contribution is 7.17. The molecule has 0 aliphatic heterocycles. The number of hydrogen-bond acceptors (Lipinski definition) is 7.